The molecule has 1 fully saturated rings. The molecule has 0 spiro atoms. The van der Waals surface area contributed by atoms with Gasteiger partial charge in [-0.1, -0.05) is 12.1 Å². The zero-order valence-electron chi connectivity index (χ0n) is 18.3. The largest absolute Gasteiger partial charge is 0.386 e. The number of nitrogens with zero attached hydrogens (tertiary/aromatic N) is 4. The molecule has 8 nitrogen and oxygen atoms in total. The second-order valence-electron chi connectivity index (χ2n) is 8.69. The molecule has 1 aromatic carbocycles. The van der Waals surface area contributed by atoms with E-state index in [4.69, 9.17) is 0 Å². The average molecular weight is 442 g/mol. The molecule has 3 heterocycles. The number of pyridine rings is 1. The normalized spacial score (nSPS) is 16.8. The van der Waals surface area contributed by atoms with Gasteiger partial charge in [-0.25, -0.2) is 8.42 Å². The van der Waals surface area contributed by atoms with Crippen LogP contribution in [0.4, 0.5) is 11.5 Å². The minimum Gasteiger partial charge on any atom is -0.386 e. The van der Waals surface area contributed by atoms with Crippen molar-refractivity contribution in [3.8, 4) is 0 Å². The van der Waals surface area contributed by atoms with Gasteiger partial charge in [0.2, 0.25) is 0 Å². The Morgan fingerprint density at radius 3 is 2.58 bits per heavy atom. The third-order valence-corrected chi connectivity index (χ3v) is 6.99. The highest BCUT2D eigenvalue weighted by Gasteiger charge is 2.36. The molecule has 0 radical (unpaired) electrons. The van der Waals surface area contributed by atoms with Crippen molar-refractivity contribution in [2.75, 3.05) is 29.6 Å². The van der Waals surface area contributed by atoms with Gasteiger partial charge in [-0.2, -0.15) is 5.10 Å². The first-order valence-corrected chi connectivity index (χ1v) is 12.0. The first-order chi connectivity index (χ1) is 14.5. The summed E-state index contributed by atoms with van der Waals surface area (Å²) in [5.74, 6) is 0.582. The highest BCUT2D eigenvalue weighted by Crippen LogP contribution is 2.33. The lowest BCUT2D eigenvalue weighted by atomic mass is 9.96. The van der Waals surface area contributed by atoms with Gasteiger partial charge in [0.05, 0.1) is 39.6 Å². The Kier molecular flexibility index (Phi) is 5.13. The SMILES string of the molecule is Cc1c([C@@H](C)Nc2nnc(C)c3ncc(N4CC(C)(O)C4)cc23)cccc1S(C)(=O)=O. The van der Waals surface area contributed by atoms with E-state index < -0.39 is 15.4 Å². The van der Waals surface area contributed by atoms with Gasteiger partial charge in [-0.05, 0) is 51.0 Å². The van der Waals surface area contributed by atoms with E-state index in [2.05, 4.69) is 25.4 Å². The fourth-order valence-electron chi connectivity index (χ4n) is 4.17. The summed E-state index contributed by atoms with van der Waals surface area (Å²) >= 11 is 0. The fourth-order valence-corrected chi connectivity index (χ4v) is 5.17. The lowest BCUT2D eigenvalue weighted by molar-refractivity contribution is 0.0310. The summed E-state index contributed by atoms with van der Waals surface area (Å²) in [4.78, 5) is 6.98. The number of hydrogen-bond donors (Lipinski definition) is 2. The van der Waals surface area contributed by atoms with Crippen LogP contribution in [0.2, 0.25) is 0 Å². The predicted octanol–water partition coefficient (Wildman–Crippen LogP) is 2.79. The van der Waals surface area contributed by atoms with E-state index >= 15 is 0 Å². The Morgan fingerprint density at radius 1 is 1.23 bits per heavy atom. The van der Waals surface area contributed by atoms with Crippen LogP contribution >= 0.6 is 0 Å². The minimum absolute atomic E-state index is 0.199. The van der Waals surface area contributed by atoms with E-state index in [0.717, 1.165) is 33.4 Å². The molecule has 4 rings (SSSR count). The summed E-state index contributed by atoms with van der Waals surface area (Å²) in [6.45, 7) is 8.56. The number of hydrogen-bond acceptors (Lipinski definition) is 8. The zero-order chi connectivity index (χ0) is 22.6. The van der Waals surface area contributed by atoms with E-state index in [1.165, 1.54) is 6.26 Å². The van der Waals surface area contributed by atoms with E-state index in [-0.39, 0.29) is 6.04 Å². The summed E-state index contributed by atoms with van der Waals surface area (Å²) < 4.78 is 24.2. The molecule has 0 bridgehead atoms. The average Bonchev–Trinajstić information content (AvgIpc) is 2.67. The number of aliphatic hydroxyl groups is 1. The molecule has 2 aromatic heterocycles. The van der Waals surface area contributed by atoms with Gasteiger partial charge in [0.25, 0.3) is 0 Å². The molecule has 2 N–H and O–H groups in total. The molecule has 0 amide bonds. The monoisotopic (exact) mass is 441 g/mol. The van der Waals surface area contributed by atoms with Gasteiger partial charge < -0.3 is 15.3 Å². The Bertz CT molecular complexity index is 1270. The number of anilines is 2. The third kappa shape index (κ3) is 4.07. The smallest absolute Gasteiger partial charge is 0.175 e. The van der Waals surface area contributed by atoms with Gasteiger partial charge in [0.1, 0.15) is 0 Å². The van der Waals surface area contributed by atoms with Crippen LogP contribution in [-0.2, 0) is 9.84 Å². The number of benzene rings is 1. The van der Waals surface area contributed by atoms with Crippen molar-refractivity contribution in [3.05, 3.63) is 47.3 Å². The number of fused-ring (bicyclic) bond motifs is 1. The quantitative estimate of drug-likeness (QED) is 0.622. The van der Waals surface area contributed by atoms with Gasteiger partial charge in [0.15, 0.2) is 15.7 Å². The first-order valence-electron chi connectivity index (χ1n) is 10.1. The molecule has 1 atom stereocenters. The molecule has 1 saturated heterocycles. The van der Waals surface area contributed by atoms with E-state index in [9.17, 15) is 13.5 Å². The molecule has 1 aliphatic heterocycles. The molecule has 1 aliphatic rings. The van der Waals surface area contributed by atoms with Crippen LogP contribution in [0.5, 0.6) is 0 Å². The second-order valence-corrected chi connectivity index (χ2v) is 10.7. The van der Waals surface area contributed by atoms with Crippen LogP contribution in [0.3, 0.4) is 0 Å². The van der Waals surface area contributed by atoms with Crippen LogP contribution in [0, 0.1) is 13.8 Å². The van der Waals surface area contributed by atoms with Crippen molar-refractivity contribution < 1.29 is 13.5 Å². The number of β-amino-alcohol motifs (C(OH)–C–C–N with tert-alkyl or cyclic N) is 1. The number of nitrogens with one attached hydrogen (secondary N) is 1. The number of rotatable bonds is 5. The maximum Gasteiger partial charge on any atom is 0.175 e. The number of aryl methyl sites for hydroxylation is 1. The third-order valence-electron chi connectivity index (χ3n) is 5.74. The standard InChI is InChI=1S/C22H27N5O3S/c1-13-17(7-6-8-19(13)31(5,29)30)14(2)24-21-18-9-16(27-11-22(4,28)12-27)10-23-20(18)15(3)25-26-21/h6-10,14,28H,11-12H2,1-5H3,(H,24,26)/t14-/m1/s1. The van der Waals surface area contributed by atoms with Crippen molar-refractivity contribution in [1.29, 1.82) is 0 Å². The van der Waals surface area contributed by atoms with Crippen LogP contribution in [0.1, 0.15) is 36.7 Å². The van der Waals surface area contributed by atoms with Crippen LogP contribution in [-0.4, -0.2) is 53.7 Å². The van der Waals surface area contributed by atoms with Crippen molar-refractivity contribution in [1.82, 2.24) is 15.2 Å². The topological polar surface area (TPSA) is 108 Å². The first kappa shape index (κ1) is 21.5. The summed E-state index contributed by atoms with van der Waals surface area (Å²) in [6, 6.07) is 7.10. The summed E-state index contributed by atoms with van der Waals surface area (Å²) in [6.07, 6.45) is 3.01. The number of sulfone groups is 1. The number of aromatic nitrogens is 3. The van der Waals surface area contributed by atoms with Crippen LogP contribution < -0.4 is 10.2 Å². The highest BCUT2D eigenvalue weighted by atomic mass is 32.2. The molecule has 3 aromatic rings. The Balaban J connectivity index is 1.71. The predicted molar refractivity (Wildman–Crippen MR) is 121 cm³/mol. The summed E-state index contributed by atoms with van der Waals surface area (Å²) in [7, 11) is -3.32. The molecule has 0 aliphatic carbocycles. The van der Waals surface area contributed by atoms with Crippen molar-refractivity contribution in [3.63, 3.8) is 0 Å². The molecular weight excluding hydrogens is 414 g/mol. The zero-order valence-corrected chi connectivity index (χ0v) is 19.2. The van der Waals surface area contributed by atoms with E-state index in [0.29, 0.717) is 23.8 Å². The van der Waals surface area contributed by atoms with E-state index in [1.807, 2.05) is 39.8 Å². The lowest BCUT2D eigenvalue weighted by Crippen LogP contribution is -2.60. The van der Waals surface area contributed by atoms with Gasteiger partial charge in [-0.3, -0.25) is 4.98 Å². The summed E-state index contributed by atoms with van der Waals surface area (Å²) in [5.41, 5.74) is 3.31. The maximum atomic E-state index is 12.1. The van der Waals surface area contributed by atoms with Gasteiger partial charge in [0, 0.05) is 24.7 Å². The minimum atomic E-state index is -3.32. The van der Waals surface area contributed by atoms with Crippen molar-refractivity contribution in [2.24, 2.45) is 0 Å². The Hall–Kier alpha value is -2.78. The van der Waals surface area contributed by atoms with Crippen LogP contribution in [0.15, 0.2) is 35.4 Å². The lowest BCUT2D eigenvalue weighted by Gasteiger charge is -2.45. The summed E-state index contributed by atoms with van der Waals surface area (Å²) in [5, 5.41) is 22.9. The molecule has 0 unspecified atom stereocenters. The van der Waals surface area contributed by atoms with Gasteiger partial charge in [-0.15, -0.1) is 5.10 Å². The maximum absolute atomic E-state index is 12.1. The molecular formula is C22H27N5O3S. The highest BCUT2D eigenvalue weighted by molar-refractivity contribution is 7.90. The molecule has 9 heteroatoms. The molecule has 31 heavy (non-hydrogen) atoms. The molecule has 164 valence electrons. The van der Waals surface area contributed by atoms with Crippen molar-refractivity contribution >= 4 is 32.2 Å². The molecule has 0 saturated carbocycles. The van der Waals surface area contributed by atoms with Crippen LogP contribution in [0.25, 0.3) is 10.9 Å². The Labute approximate surface area is 182 Å². The van der Waals surface area contributed by atoms with Gasteiger partial charge >= 0.3 is 0 Å². The van der Waals surface area contributed by atoms with E-state index in [1.54, 1.807) is 18.3 Å². The fraction of sp³-hybridized carbons (Fsp3) is 0.409. The van der Waals surface area contributed by atoms with Crippen molar-refractivity contribution in [2.45, 2.75) is 44.2 Å². The Morgan fingerprint density at radius 2 is 1.94 bits per heavy atom. The second kappa shape index (κ2) is 7.42.